The zero-order chi connectivity index (χ0) is 15.2. The van der Waals surface area contributed by atoms with Crippen molar-refractivity contribution in [3.63, 3.8) is 0 Å². The maximum absolute atomic E-state index is 4.71. The number of rotatable bonds is 6. The van der Waals surface area contributed by atoms with Gasteiger partial charge in [0.15, 0.2) is 0 Å². The van der Waals surface area contributed by atoms with Crippen LogP contribution >= 0.6 is 0 Å². The van der Waals surface area contributed by atoms with Gasteiger partial charge in [-0.25, -0.2) is 4.98 Å². The van der Waals surface area contributed by atoms with E-state index in [1.54, 1.807) is 0 Å². The molecule has 2 rings (SSSR count). The van der Waals surface area contributed by atoms with E-state index >= 15 is 0 Å². The molecular weight excluding hydrogens is 258 g/mol. The first-order chi connectivity index (χ1) is 10.2. The van der Waals surface area contributed by atoms with Crippen LogP contribution in [0.1, 0.15) is 58.6 Å². The zero-order valence-corrected chi connectivity index (χ0v) is 14.2. The van der Waals surface area contributed by atoms with Crippen molar-refractivity contribution in [2.45, 2.75) is 53.0 Å². The van der Waals surface area contributed by atoms with Gasteiger partial charge < -0.3 is 4.90 Å². The number of anilines is 1. The summed E-state index contributed by atoms with van der Waals surface area (Å²) in [5.74, 6) is 1.92. The smallest absolute Gasteiger partial charge is 0.133 e. The van der Waals surface area contributed by atoms with E-state index in [-0.39, 0.29) is 0 Å². The molecule has 0 bridgehead atoms. The van der Waals surface area contributed by atoms with Crippen molar-refractivity contribution < 1.29 is 0 Å². The highest BCUT2D eigenvalue weighted by molar-refractivity contribution is 5.48. The summed E-state index contributed by atoms with van der Waals surface area (Å²) >= 11 is 0. The largest absolute Gasteiger partial charge is 0.357 e. The number of aromatic nitrogens is 1. The lowest BCUT2D eigenvalue weighted by Crippen LogP contribution is -2.37. The first kappa shape index (κ1) is 16.3. The van der Waals surface area contributed by atoms with E-state index in [0.29, 0.717) is 6.04 Å². The van der Waals surface area contributed by atoms with E-state index in [1.165, 1.54) is 43.7 Å². The molecule has 1 atom stereocenters. The van der Waals surface area contributed by atoms with E-state index in [4.69, 9.17) is 4.98 Å². The third kappa shape index (κ3) is 3.97. The number of nitrogens with zero attached hydrogens (tertiary/aromatic N) is 3. The van der Waals surface area contributed by atoms with Gasteiger partial charge in [-0.05, 0) is 45.2 Å². The fourth-order valence-electron chi connectivity index (χ4n) is 3.49. The summed E-state index contributed by atoms with van der Waals surface area (Å²) < 4.78 is 0. The summed E-state index contributed by atoms with van der Waals surface area (Å²) in [5, 5.41) is 0. The van der Waals surface area contributed by atoms with Crippen molar-refractivity contribution in [2.75, 3.05) is 31.1 Å². The quantitative estimate of drug-likeness (QED) is 0.785. The topological polar surface area (TPSA) is 19.4 Å². The molecule has 0 amide bonds. The third-order valence-corrected chi connectivity index (χ3v) is 4.45. The fourth-order valence-corrected chi connectivity index (χ4v) is 3.49. The van der Waals surface area contributed by atoms with Crippen molar-refractivity contribution in [1.29, 1.82) is 0 Å². The molecule has 2 heterocycles. The van der Waals surface area contributed by atoms with E-state index < -0.39 is 0 Å². The van der Waals surface area contributed by atoms with Crippen molar-refractivity contribution in [3.05, 3.63) is 23.9 Å². The van der Waals surface area contributed by atoms with Gasteiger partial charge in [-0.3, -0.25) is 4.90 Å². The molecule has 0 aliphatic carbocycles. The van der Waals surface area contributed by atoms with Gasteiger partial charge in [0.2, 0.25) is 0 Å². The summed E-state index contributed by atoms with van der Waals surface area (Å²) in [5.41, 5.74) is 1.43. The van der Waals surface area contributed by atoms with Gasteiger partial charge in [-0.2, -0.15) is 0 Å². The zero-order valence-electron chi connectivity index (χ0n) is 14.2. The van der Waals surface area contributed by atoms with Gasteiger partial charge in [-0.1, -0.05) is 26.3 Å². The Hall–Kier alpha value is -1.09. The molecule has 0 aromatic carbocycles. The summed E-state index contributed by atoms with van der Waals surface area (Å²) in [7, 11) is 0. The number of hydrogen-bond acceptors (Lipinski definition) is 3. The molecule has 0 spiro atoms. The minimum atomic E-state index is 0.547. The van der Waals surface area contributed by atoms with Gasteiger partial charge in [0, 0.05) is 37.4 Å². The fraction of sp³-hybridized carbons (Fsp3) is 0.722. The van der Waals surface area contributed by atoms with Crippen LogP contribution in [-0.4, -0.2) is 36.1 Å². The molecule has 0 N–H and O–H groups in total. The number of hydrogen-bond donors (Lipinski definition) is 0. The van der Waals surface area contributed by atoms with E-state index in [1.807, 2.05) is 6.20 Å². The van der Waals surface area contributed by atoms with Crippen molar-refractivity contribution >= 4 is 5.82 Å². The Morgan fingerprint density at radius 3 is 2.71 bits per heavy atom. The Kier molecular flexibility index (Phi) is 6.04. The standard InChI is InChI=1S/C18H31N3/c1-5-20(6-2)18-16(10-9-12-19-18)17-11-7-8-13-21(17)14-15(3)4/h9-10,12,15,17H,5-8,11,13-14H2,1-4H3/t17-/m0/s1. The summed E-state index contributed by atoms with van der Waals surface area (Å²) in [4.78, 5) is 9.77. The highest BCUT2D eigenvalue weighted by Crippen LogP contribution is 2.35. The highest BCUT2D eigenvalue weighted by atomic mass is 15.2. The Labute approximate surface area is 130 Å². The second-order valence-corrected chi connectivity index (χ2v) is 6.49. The molecule has 0 radical (unpaired) electrons. The van der Waals surface area contributed by atoms with Crippen LogP contribution in [0.4, 0.5) is 5.82 Å². The van der Waals surface area contributed by atoms with Crippen LogP contribution in [0.5, 0.6) is 0 Å². The van der Waals surface area contributed by atoms with Crippen LogP contribution in [0, 0.1) is 5.92 Å². The van der Waals surface area contributed by atoms with Crippen LogP contribution in [0.15, 0.2) is 18.3 Å². The monoisotopic (exact) mass is 289 g/mol. The normalized spacial score (nSPS) is 20.0. The summed E-state index contributed by atoms with van der Waals surface area (Å²) in [6.45, 7) is 13.5. The maximum Gasteiger partial charge on any atom is 0.133 e. The van der Waals surface area contributed by atoms with Gasteiger partial charge in [0.05, 0.1) is 0 Å². The van der Waals surface area contributed by atoms with Crippen LogP contribution in [0.2, 0.25) is 0 Å². The highest BCUT2D eigenvalue weighted by Gasteiger charge is 2.27. The number of piperidine rings is 1. The van der Waals surface area contributed by atoms with E-state index in [2.05, 4.69) is 49.6 Å². The molecule has 1 aliphatic rings. The molecule has 118 valence electrons. The third-order valence-electron chi connectivity index (χ3n) is 4.45. The second kappa shape index (κ2) is 7.79. The molecule has 0 saturated carbocycles. The van der Waals surface area contributed by atoms with Crippen LogP contribution < -0.4 is 4.90 Å². The first-order valence-corrected chi connectivity index (χ1v) is 8.61. The molecule has 1 aliphatic heterocycles. The molecular formula is C18H31N3. The second-order valence-electron chi connectivity index (χ2n) is 6.49. The van der Waals surface area contributed by atoms with Gasteiger partial charge >= 0.3 is 0 Å². The lowest BCUT2D eigenvalue weighted by molar-refractivity contribution is 0.132. The molecule has 3 nitrogen and oxygen atoms in total. The Morgan fingerprint density at radius 1 is 1.29 bits per heavy atom. The lowest BCUT2D eigenvalue weighted by atomic mass is 9.94. The molecule has 3 heteroatoms. The van der Waals surface area contributed by atoms with Gasteiger partial charge in [0.25, 0.3) is 0 Å². The van der Waals surface area contributed by atoms with Crippen LogP contribution in [-0.2, 0) is 0 Å². The van der Waals surface area contributed by atoms with Gasteiger partial charge in [0.1, 0.15) is 5.82 Å². The number of pyridine rings is 1. The summed E-state index contributed by atoms with van der Waals surface area (Å²) in [6, 6.07) is 4.94. The van der Waals surface area contributed by atoms with Crippen molar-refractivity contribution in [1.82, 2.24) is 9.88 Å². The predicted molar refractivity (Wildman–Crippen MR) is 90.8 cm³/mol. The van der Waals surface area contributed by atoms with E-state index in [9.17, 15) is 0 Å². The Balaban J connectivity index is 2.29. The Bertz CT molecular complexity index is 426. The average Bonchev–Trinajstić information content (AvgIpc) is 2.49. The lowest BCUT2D eigenvalue weighted by Gasteiger charge is -2.38. The SMILES string of the molecule is CCN(CC)c1ncccc1[C@@H]1CCCCN1CC(C)C. The minimum Gasteiger partial charge on any atom is -0.357 e. The molecule has 1 saturated heterocycles. The van der Waals surface area contributed by atoms with Crippen LogP contribution in [0.3, 0.4) is 0 Å². The molecule has 1 aromatic rings. The van der Waals surface area contributed by atoms with Crippen molar-refractivity contribution in [3.8, 4) is 0 Å². The van der Waals surface area contributed by atoms with Gasteiger partial charge in [-0.15, -0.1) is 0 Å². The van der Waals surface area contributed by atoms with Crippen LogP contribution in [0.25, 0.3) is 0 Å². The molecule has 21 heavy (non-hydrogen) atoms. The number of likely N-dealkylation sites (tertiary alicyclic amines) is 1. The molecule has 1 aromatic heterocycles. The molecule has 1 fully saturated rings. The minimum absolute atomic E-state index is 0.547. The average molecular weight is 289 g/mol. The maximum atomic E-state index is 4.71. The van der Waals surface area contributed by atoms with E-state index in [0.717, 1.165) is 19.0 Å². The molecule has 0 unspecified atom stereocenters. The Morgan fingerprint density at radius 2 is 2.05 bits per heavy atom. The predicted octanol–water partition coefficient (Wildman–Crippen LogP) is 4.11. The summed E-state index contributed by atoms with van der Waals surface area (Å²) in [6.07, 6.45) is 5.88. The van der Waals surface area contributed by atoms with Crippen molar-refractivity contribution in [2.24, 2.45) is 5.92 Å². The first-order valence-electron chi connectivity index (χ1n) is 8.61.